The van der Waals surface area contributed by atoms with Gasteiger partial charge >= 0.3 is 0 Å². The summed E-state index contributed by atoms with van der Waals surface area (Å²) in [6.07, 6.45) is 0. The number of non-ortho nitro benzene ring substituents is 1. The first kappa shape index (κ1) is 19.1. The third-order valence-electron chi connectivity index (χ3n) is 3.99. The third-order valence-corrected chi connectivity index (χ3v) is 3.99. The molecule has 0 radical (unpaired) electrons. The summed E-state index contributed by atoms with van der Waals surface area (Å²) in [7, 11) is 0. The average Bonchev–Trinajstić information content (AvgIpc) is 2.57. The van der Waals surface area contributed by atoms with E-state index in [0.717, 1.165) is 22.4 Å². The van der Waals surface area contributed by atoms with Crippen LogP contribution in [-0.2, 0) is 4.79 Å². The van der Waals surface area contributed by atoms with Gasteiger partial charge in [0.2, 0.25) is 5.91 Å². The number of amides is 2. The summed E-state index contributed by atoms with van der Waals surface area (Å²) in [4.78, 5) is 34.9. The van der Waals surface area contributed by atoms with Crippen LogP contribution in [0.25, 0.3) is 0 Å². The number of nitro groups is 1. The van der Waals surface area contributed by atoms with Crippen molar-refractivity contribution in [2.75, 3.05) is 5.32 Å². The maximum Gasteiger partial charge on any atom is 0.270 e. The summed E-state index contributed by atoms with van der Waals surface area (Å²) < 4.78 is 0. The summed E-state index contributed by atoms with van der Waals surface area (Å²) >= 11 is 0. The van der Waals surface area contributed by atoms with Gasteiger partial charge in [-0.05, 0) is 44.9 Å². The molecule has 0 fully saturated rings. The van der Waals surface area contributed by atoms with Gasteiger partial charge in [-0.25, -0.2) is 0 Å². The van der Waals surface area contributed by atoms with Crippen molar-refractivity contribution < 1.29 is 14.5 Å². The molecular weight excluding hydrogens is 334 g/mol. The molecular formula is C19H21N3O4. The van der Waals surface area contributed by atoms with Crippen LogP contribution in [-0.4, -0.2) is 22.8 Å². The van der Waals surface area contributed by atoms with Crippen LogP contribution in [0, 0.1) is 30.9 Å². The van der Waals surface area contributed by atoms with Gasteiger partial charge < -0.3 is 10.6 Å². The Labute approximate surface area is 151 Å². The van der Waals surface area contributed by atoms with E-state index >= 15 is 0 Å². The third kappa shape index (κ3) is 4.44. The van der Waals surface area contributed by atoms with E-state index in [4.69, 9.17) is 0 Å². The number of benzene rings is 2. The van der Waals surface area contributed by atoms with Crippen molar-refractivity contribution in [1.82, 2.24) is 5.32 Å². The Balaban J connectivity index is 2.08. The van der Waals surface area contributed by atoms with Gasteiger partial charge in [-0.3, -0.25) is 19.7 Å². The van der Waals surface area contributed by atoms with E-state index in [0.29, 0.717) is 0 Å². The highest BCUT2D eigenvalue weighted by Gasteiger charge is 2.19. The van der Waals surface area contributed by atoms with Crippen LogP contribution in [0.15, 0.2) is 36.4 Å². The van der Waals surface area contributed by atoms with E-state index in [2.05, 4.69) is 10.6 Å². The van der Waals surface area contributed by atoms with Crippen LogP contribution >= 0.6 is 0 Å². The number of hydrogen-bond donors (Lipinski definition) is 2. The highest BCUT2D eigenvalue weighted by molar-refractivity contribution is 6.01. The van der Waals surface area contributed by atoms with Gasteiger partial charge in [0.1, 0.15) is 6.04 Å². The highest BCUT2D eigenvalue weighted by atomic mass is 16.6. The monoisotopic (exact) mass is 355 g/mol. The zero-order valence-electron chi connectivity index (χ0n) is 15.1. The summed E-state index contributed by atoms with van der Waals surface area (Å²) in [5, 5.41) is 16.2. The molecule has 2 aromatic rings. The molecule has 2 aromatic carbocycles. The van der Waals surface area contributed by atoms with Crippen molar-refractivity contribution >= 4 is 23.2 Å². The van der Waals surface area contributed by atoms with E-state index in [1.165, 1.54) is 24.3 Å². The minimum absolute atomic E-state index is 0.126. The lowest BCUT2D eigenvalue weighted by molar-refractivity contribution is -0.384. The summed E-state index contributed by atoms with van der Waals surface area (Å²) in [5.74, 6) is -0.910. The molecule has 0 aliphatic rings. The number of anilines is 1. The molecule has 1 atom stereocenters. The largest absolute Gasteiger partial charge is 0.341 e. The summed E-state index contributed by atoms with van der Waals surface area (Å²) in [6, 6.07) is 8.49. The lowest BCUT2D eigenvalue weighted by atomic mass is 10.0. The van der Waals surface area contributed by atoms with Gasteiger partial charge in [-0.15, -0.1) is 0 Å². The Morgan fingerprint density at radius 3 is 2.27 bits per heavy atom. The van der Waals surface area contributed by atoms with E-state index < -0.39 is 16.9 Å². The molecule has 0 aromatic heterocycles. The summed E-state index contributed by atoms with van der Waals surface area (Å²) in [6.45, 7) is 7.35. The fraction of sp³-hybridized carbons (Fsp3) is 0.263. The molecule has 0 saturated heterocycles. The molecule has 2 N–H and O–H groups in total. The standard InChI is InChI=1S/C19H21N3O4/c1-11-8-12(2)17(13(3)9-11)21-18(23)14(4)20-19(24)15-6-5-7-16(10-15)22(25)26/h5-10,14H,1-4H3,(H,20,24)(H,21,23). The quantitative estimate of drug-likeness (QED) is 0.635. The van der Waals surface area contributed by atoms with Crippen LogP contribution < -0.4 is 10.6 Å². The van der Waals surface area contributed by atoms with Gasteiger partial charge in [0.05, 0.1) is 4.92 Å². The molecule has 0 saturated carbocycles. The second-order valence-corrected chi connectivity index (χ2v) is 6.27. The minimum atomic E-state index is -0.804. The zero-order chi connectivity index (χ0) is 19.4. The number of carbonyl (C=O) groups is 2. The van der Waals surface area contributed by atoms with Crippen molar-refractivity contribution in [3.8, 4) is 0 Å². The van der Waals surface area contributed by atoms with Crippen LogP contribution in [0.2, 0.25) is 0 Å². The topological polar surface area (TPSA) is 101 Å². The SMILES string of the molecule is Cc1cc(C)c(NC(=O)C(C)NC(=O)c2cccc([N+](=O)[O-])c2)c(C)c1. The number of nitro benzene ring substituents is 1. The Morgan fingerprint density at radius 2 is 1.69 bits per heavy atom. The van der Waals surface area contributed by atoms with Crippen molar-refractivity contribution in [2.24, 2.45) is 0 Å². The first-order valence-corrected chi connectivity index (χ1v) is 8.13. The lowest BCUT2D eigenvalue weighted by Crippen LogP contribution is -2.41. The van der Waals surface area contributed by atoms with Gasteiger partial charge in [-0.1, -0.05) is 23.8 Å². The molecule has 136 valence electrons. The first-order valence-electron chi connectivity index (χ1n) is 8.13. The second-order valence-electron chi connectivity index (χ2n) is 6.27. The molecule has 26 heavy (non-hydrogen) atoms. The molecule has 2 rings (SSSR count). The zero-order valence-corrected chi connectivity index (χ0v) is 15.1. The number of nitrogens with zero attached hydrogens (tertiary/aromatic N) is 1. The lowest BCUT2D eigenvalue weighted by Gasteiger charge is -2.17. The fourth-order valence-electron chi connectivity index (χ4n) is 2.71. The van der Waals surface area contributed by atoms with Gasteiger partial charge in [0.15, 0.2) is 0 Å². The maximum absolute atomic E-state index is 12.4. The molecule has 1 unspecified atom stereocenters. The number of hydrogen-bond acceptors (Lipinski definition) is 4. The van der Waals surface area contributed by atoms with Crippen LogP contribution in [0.4, 0.5) is 11.4 Å². The predicted molar refractivity (Wildman–Crippen MR) is 99.3 cm³/mol. The summed E-state index contributed by atoms with van der Waals surface area (Å²) in [5.41, 5.74) is 3.64. The molecule has 0 aliphatic carbocycles. The van der Waals surface area contributed by atoms with Crippen LogP contribution in [0.1, 0.15) is 34.0 Å². The van der Waals surface area contributed by atoms with Gasteiger partial charge in [0, 0.05) is 23.4 Å². The first-order chi connectivity index (χ1) is 12.2. The van der Waals surface area contributed by atoms with E-state index in [1.54, 1.807) is 6.92 Å². The molecule has 0 spiro atoms. The Kier molecular flexibility index (Phi) is 5.71. The van der Waals surface area contributed by atoms with Crippen LogP contribution in [0.3, 0.4) is 0 Å². The van der Waals surface area contributed by atoms with Crippen molar-refractivity contribution in [3.63, 3.8) is 0 Å². The predicted octanol–water partition coefficient (Wildman–Crippen LogP) is 3.28. The molecule has 0 bridgehead atoms. The van der Waals surface area contributed by atoms with E-state index in [1.807, 2.05) is 32.9 Å². The number of aryl methyl sites for hydroxylation is 3. The average molecular weight is 355 g/mol. The minimum Gasteiger partial charge on any atom is -0.341 e. The number of carbonyl (C=O) groups excluding carboxylic acids is 2. The smallest absolute Gasteiger partial charge is 0.270 e. The Morgan fingerprint density at radius 1 is 1.08 bits per heavy atom. The van der Waals surface area contributed by atoms with E-state index in [-0.39, 0.29) is 17.2 Å². The maximum atomic E-state index is 12.4. The number of rotatable bonds is 5. The van der Waals surface area contributed by atoms with Crippen molar-refractivity contribution in [3.05, 3.63) is 68.8 Å². The van der Waals surface area contributed by atoms with Crippen molar-refractivity contribution in [1.29, 1.82) is 0 Å². The normalized spacial score (nSPS) is 11.5. The molecule has 0 heterocycles. The van der Waals surface area contributed by atoms with Crippen LogP contribution in [0.5, 0.6) is 0 Å². The molecule has 0 aliphatic heterocycles. The Hall–Kier alpha value is -3.22. The Bertz CT molecular complexity index is 854. The molecule has 7 nitrogen and oxygen atoms in total. The van der Waals surface area contributed by atoms with E-state index in [9.17, 15) is 19.7 Å². The molecule has 2 amide bonds. The van der Waals surface area contributed by atoms with Gasteiger partial charge in [-0.2, -0.15) is 0 Å². The van der Waals surface area contributed by atoms with Gasteiger partial charge in [0.25, 0.3) is 11.6 Å². The molecule has 7 heteroatoms. The fourth-order valence-corrected chi connectivity index (χ4v) is 2.71. The highest BCUT2D eigenvalue weighted by Crippen LogP contribution is 2.22. The number of nitrogens with one attached hydrogen (secondary N) is 2. The second kappa shape index (κ2) is 7.77. The van der Waals surface area contributed by atoms with Crippen molar-refractivity contribution in [2.45, 2.75) is 33.7 Å².